The third-order valence-corrected chi connectivity index (χ3v) is 5.00. The molecule has 0 aliphatic heterocycles. The number of carbonyl (C=O) groups excluding carboxylic acids is 1. The van der Waals surface area contributed by atoms with E-state index < -0.39 is 4.92 Å². The molecule has 0 aliphatic carbocycles. The van der Waals surface area contributed by atoms with Crippen molar-refractivity contribution in [1.82, 2.24) is 9.55 Å². The van der Waals surface area contributed by atoms with Gasteiger partial charge in [-0.15, -0.1) is 0 Å². The zero-order chi connectivity index (χ0) is 20.8. The Hall–Kier alpha value is -3.24. The number of nitrogens with one attached hydrogen (secondary N) is 1. The van der Waals surface area contributed by atoms with Crippen molar-refractivity contribution in [2.24, 2.45) is 0 Å². The highest BCUT2D eigenvalue weighted by atomic mass is 32.2. The molecule has 1 N–H and O–H groups in total. The van der Waals surface area contributed by atoms with Crippen molar-refractivity contribution in [2.45, 2.75) is 11.7 Å². The molecule has 0 aliphatic rings. The molecule has 0 atom stereocenters. The minimum absolute atomic E-state index is 0.0134. The maximum absolute atomic E-state index is 12.8. The van der Waals surface area contributed by atoms with E-state index in [0.29, 0.717) is 34.9 Å². The van der Waals surface area contributed by atoms with Gasteiger partial charge in [0, 0.05) is 24.9 Å². The van der Waals surface area contributed by atoms with Gasteiger partial charge in [0.05, 0.1) is 34.7 Å². The molecule has 3 rings (SSSR count). The van der Waals surface area contributed by atoms with E-state index in [1.54, 1.807) is 37.4 Å². The lowest BCUT2D eigenvalue weighted by molar-refractivity contribution is -0.384. The average molecular weight is 414 g/mol. The highest BCUT2D eigenvalue weighted by Crippen LogP contribution is 2.20. The van der Waals surface area contributed by atoms with Gasteiger partial charge in [-0.05, 0) is 18.2 Å². The predicted molar refractivity (Wildman–Crippen MR) is 110 cm³/mol. The number of anilines is 1. The number of aromatic nitrogens is 2. The number of methoxy groups -OCH3 is 1. The van der Waals surface area contributed by atoms with Gasteiger partial charge in [-0.1, -0.05) is 30.0 Å². The van der Waals surface area contributed by atoms with Gasteiger partial charge >= 0.3 is 0 Å². The van der Waals surface area contributed by atoms with E-state index in [4.69, 9.17) is 4.74 Å². The number of nitrogens with zero attached hydrogens (tertiary/aromatic N) is 3. The summed E-state index contributed by atoms with van der Waals surface area (Å²) < 4.78 is 6.56. The van der Waals surface area contributed by atoms with E-state index >= 15 is 0 Å². The van der Waals surface area contributed by atoms with Gasteiger partial charge in [0.15, 0.2) is 5.16 Å². The number of thioether (sulfide) groups is 1. The normalized spacial score (nSPS) is 10.8. The van der Waals surface area contributed by atoms with Crippen molar-refractivity contribution in [3.63, 3.8) is 0 Å². The maximum atomic E-state index is 12.8. The molecule has 2 aromatic carbocycles. The molecule has 0 unspecified atom stereocenters. The molecule has 9 nitrogen and oxygen atoms in total. The van der Waals surface area contributed by atoms with Crippen LogP contribution < -0.4 is 10.9 Å². The fourth-order valence-electron chi connectivity index (χ4n) is 2.66. The summed E-state index contributed by atoms with van der Waals surface area (Å²) in [5.41, 5.74) is 0.565. The van der Waals surface area contributed by atoms with Crippen LogP contribution in [0.15, 0.2) is 58.5 Å². The number of benzene rings is 2. The number of amides is 1. The molecule has 3 aromatic rings. The second kappa shape index (κ2) is 9.30. The molecular formula is C19H18N4O5S. The number of nitro groups is 1. The van der Waals surface area contributed by atoms with Crippen LogP contribution in [0.25, 0.3) is 10.9 Å². The maximum Gasteiger partial charge on any atom is 0.271 e. The number of non-ortho nitro benzene ring substituents is 1. The van der Waals surface area contributed by atoms with Gasteiger partial charge in [-0.25, -0.2) is 4.98 Å². The first-order valence-electron chi connectivity index (χ1n) is 8.65. The third kappa shape index (κ3) is 4.98. The summed E-state index contributed by atoms with van der Waals surface area (Å²) in [4.78, 5) is 39.9. The molecular weight excluding hydrogens is 396 g/mol. The fraction of sp³-hybridized carbons (Fsp3) is 0.211. The van der Waals surface area contributed by atoms with Crippen LogP contribution in [-0.4, -0.2) is 39.9 Å². The van der Waals surface area contributed by atoms with Crippen LogP contribution in [0.4, 0.5) is 11.4 Å². The first-order valence-corrected chi connectivity index (χ1v) is 9.64. The lowest BCUT2D eigenvalue weighted by Crippen LogP contribution is -2.26. The Labute approximate surface area is 169 Å². The van der Waals surface area contributed by atoms with Gasteiger partial charge in [0.1, 0.15) is 0 Å². The summed E-state index contributed by atoms with van der Waals surface area (Å²) in [7, 11) is 1.54. The first kappa shape index (κ1) is 20.5. The smallest absolute Gasteiger partial charge is 0.271 e. The Morgan fingerprint density at radius 1 is 1.28 bits per heavy atom. The molecule has 1 aromatic heterocycles. The van der Waals surface area contributed by atoms with Crippen LogP contribution in [-0.2, 0) is 16.1 Å². The van der Waals surface area contributed by atoms with Gasteiger partial charge in [-0.3, -0.25) is 24.3 Å². The zero-order valence-corrected chi connectivity index (χ0v) is 16.3. The SMILES string of the molecule is COCCn1c(SCC(=O)Nc2cccc([N+](=O)[O-])c2)nc2ccccc2c1=O. The number of carbonyl (C=O) groups is 1. The molecule has 0 spiro atoms. The highest BCUT2D eigenvalue weighted by Gasteiger charge is 2.14. The summed E-state index contributed by atoms with van der Waals surface area (Å²) in [5, 5.41) is 14.4. The van der Waals surface area contributed by atoms with Gasteiger partial charge < -0.3 is 10.1 Å². The summed E-state index contributed by atoms with van der Waals surface area (Å²) in [6.07, 6.45) is 0. The molecule has 0 saturated heterocycles. The Bertz CT molecular complexity index is 1120. The molecule has 0 radical (unpaired) electrons. The Balaban J connectivity index is 1.78. The van der Waals surface area contributed by atoms with Gasteiger partial charge in [-0.2, -0.15) is 0 Å². The summed E-state index contributed by atoms with van der Waals surface area (Å²) in [5.74, 6) is -0.378. The van der Waals surface area contributed by atoms with E-state index in [-0.39, 0.29) is 22.9 Å². The molecule has 1 amide bonds. The van der Waals surface area contributed by atoms with E-state index in [2.05, 4.69) is 10.3 Å². The lowest BCUT2D eigenvalue weighted by atomic mass is 10.2. The summed E-state index contributed by atoms with van der Waals surface area (Å²) in [6.45, 7) is 0.634. The third-order valence-electron chi connectivity index (χ3n) is 4.02. The number of hydrogen-bond acceptors (Lipinski definition) is 7. The van der Waals surface area contributed by atoms with E-state index in [1.165, 1.54) is 22.8 Å². The Kier molecular flexibility index (Phi) is 6.57. The molecule has 1 heterocycles. The largest absolute Gasteiger partial charge is 0.383 e. The number of fused-ring (bicyclic) bond motifs is 1. The van der Waals surface area contributed by atoms with Crippen molar-refractivity contribution in [3.8, 4) is 0 Å². The van der Waals surface area contributed by atoms with Crippen molar-refractivity contribution >= 4 is 39.9 Å². The summed E-state index contributed by atoms with van der Waals surface area (Å²) >= 11 is 1.11. The van der Waals surface area contributed by atoms with E-state index in [9.17, 15) is 19.7 Å². The van der Waals surface area contributed by atoms with Crippen molar-refractivity contribution < 1.29 is 14.5 Å². The predicted octanol–water partition coefficient (Wildman–Crippen LogP) is 2.68. The average Bonchev–Trinajstić information content (AvgIpc) is 2.72. The Morgan fingerprint density at radius 2 is 2.07 bits per heavy atom. The molecule has 150 valence electrons. The number of rotatable bonds is 8. The fourth-order valence-corrected chi connectivity index (χ4v) is 3.49. The molecule has 0 saturated carbocycles. The monoisotopic (exact) mass is 414 g/mol. The van der Waals surface area contributed by atoms with Crippen LogP contribution in [0.2, 0.25) is 0 Å². The Morgan fingerprint density at radius 3 is 2.83 bits per heavy atom. The number of ether oxygens (including phenoxy) is 1. The second-order valence-electron chi connectivity index (χ2n) is 6.01. The van der Waals surface area contributed by atoms with Crippen LogP contribution in [0.5, 0.6) is 0 Å². The second-order valence-corrected chi connectivity index (χ2v) is 6.95. The molecule has 0 bridgehead atoms. The molecule has 0 fully saturated rings. The molecule has 10 heteroatoms. The first-order chi connectivity index (χ1) is 14.0. The van der Waals surface area contributed by atoms with Crippen molar-refractivity contribution in [3.05, 3.63) is 69.0 Å². The number of para-hydroxylation sites is 1. The minimum atomic E-state index is -0.530. The minimum Gasteiger partial charge on any atom is -0.383 e. The van der Waals surface area contributed by atoms with E-state index in [0.717, 1.165) is 11.8 Å². The quantitative estimate of drug-likeness (QED) is 0.261. The van der Waals surface area contributed by atoms with Gasteiger partial charge in [0.25, 0.3) is 11.2 Å². The van der Waals surface area contributed by atoms with Crippen LogP contribution in [0.1, 0.15) is 0 Å². The van der Waals surface area contributed by atoms with Crippen LogP contribution in [0.3, 0.4) is 0 Å². The van der Waals surface area contributed by atoms with Crippen molar-refractivity contribution in [1.29, 1.82) is 0 Å². The lowest BCUT2D eigenvalue weighted by Gasteiger charge is -2.12. The zero-order valence-electron chi connectivity index (χ0n) is 15.5. The standard InChI is InChI=1S/C19H18N4O5S/c1-28-10-9-22-18(25)15-7-2-3-8-16(15)21-19(22)29-12-17(24)20-13-5-4-6-14(11-13)23(26)27/h2-8,11H,9-10,12H2,1H3,(H,20,24). The topological polar surface area (TPSA) is 116 Å². The number of nitro benzene ring substituents is 1. The van der Waals surface area contributed by atoms with Crippen molar-refractivity contribution in [2.75, 3.05) is 24.8 Å². The van der Waals surface area contributed by atoms with Gasteiger partial charge in [0.2, 0.25) is 5.91 Å². The molecule has 29 heavy (non-hydrogen) atoms. The van der Waals surface area contributed by atoms with Crippen LogP contribution in [0, 0.1) is 10.1 Å². The van der Waals surface area contributed by atoms with E-state index in [1.807, 2.05) is 0 Å². The summed E-state index contributed by atoms with van der Waals surface area (Å²) in [6, 6.07) is 12.7. The highest BCUT2D eigenvalue weighted by molar-refractivity contribution is 7.99. The number of hydrogen-bond donors (Lipinski definition) is 1. The van der Waals surface area contributed by atoms with Crippen LogP contribution >= 0.6 is 11.8 Å².